The van der Waals surface area contributed by atoms with Gasteiger partial charge in [-0.2, -0.15) is 22.6 Å². The highest BCUT2D eigenvalue weighted by Crippen LogP contribution is 2.34. The van der Waals surface area contributed by atoms with Crippen LogP contribution < -0.4 is 0 Å². The summed E-state index contributed by atoms with van der Waals surface area (Å²) >= 11 is 0. The largest absolute Gasteiger partial charge is 0.390 e. The molecule has 1 aromatic heterocycles. The van der Waals surface area contributed by atoms with E-state index in [1.807, 2.05) is 32.9 Å². The Kier molecular flexibility index (Phi) is 7.45. The number of piperazine rings is 1. The van der Waals surface area contributed by atoms with Crippen LogP contribution in [0.3, 0.4) is 0 Å². The summed E-state index contributed by atoms with van der Waals surface area (Å²) in [5, 5.41) is 5.18. The van der Waals surface area contributed by atoms with E-state index in [0.717, 1.165) is 22.0 Å². The lowest BCUT2D eigenvalue weighted by Crippen LogP contribution is -2.51. The Morgan fingerprint density at radius 3 is 2.44 bits per heavy atom. The fourth-order valence-electron chi connectivity index (χ4n) is 4.75. The molecule has 1 saturated heterocycles. The van der Waals surface area contributed by atoms with E-state index in [9.17, 15) is 26.0 Å². The Labute approximate surface area is 208 Å². The van der Waals surface area contributed by atoms with Crippen molar-refractivity contribution in [3.05, 3.63) is 59.5 Å². The van der Waals surface area contributed by atoms with Gasteiger partial charge in [-0.3, -0.25) is 4.90 Å². The monoisotopic (exact) mass is 526 g/mol. The number of fused-ring (bicyclic) bond motifs is 1. The minimum atomic E-state index is -4.30. The fourth-order valence-corrected chi connectivity index (χ4v) is 6.53. The molecule has 0 amide bonds. The van der Waals surface area contributed by atoms with E-state index in [-0.39, 0.29) is 43.7 Å². The Morgan fingerprint density at radius 1 is 1.11 bits per heavy atom. The molecule has 0 bridgehead atoms. The molecule has 0 unspecified atom stereocenters. The van der Waals surface area contributed by atoms with Gasteiger partial charge in [0.05, 0.1) is 29.6 Å². The van der Waals surface area contributed by atoms with Crippen molar-refractivity contribution >= 4 is 20.9 Å². The molecular weight excluding hydrogens is 496 g/mol. The first-order valence-corrected chi connectivity index (χ1v) is 13.5. The number of alkyl halides is 3. The first-order valence-electron chi connectivity index (χ1n) is 11.9. The molecular formula is C25H30F4N4O2S. The molecule has 0 aliphatic carbocycles. The lowest BCUT2D eigenvalue weighted by molar-refractivity contribution is -0.140. The van der Waals surface area contributed by atoms with E-state index in [2.05, 4.69) is 5.10 Å². The molecule has 0 spiro atoms. The Balaban J connectivity index is 1.71. The van der Waals surface area contributed by atoms with E-state index in [1.165, 1.54) is 16.4 Å². The van der Waals surface area contributed by atoms with Crippen LogP contribution in [0.25, 0.3) is 16.6 Å². The van der Waals surface area contributed by atoms with Crippen LogP contribution in [0.1, 0.15) is 37.4 Å². The third kappa shape index (κ3) is 5.90. The zero-order valence-corrected chi connectivity index (χ0v) is 21.3. The van der Waals surface area contributed by atoms with Gasteiger partial charge in [0.2, 0.25) is 10.0 Å². The summed E-state index contributed by atoms with van der Waals surface area (Å²) in [6, 6.07) is 9.16. The van der Waals surface area contributed by atoms with Gasteiger partial charge in [-0.25, -0.2) is 17.5 Å². The van der Waals surface area contributed by atoms with Gasteiger partial charge in [-0.1, -0.05) is 13.8 Å². The maximum absolute atomic E-state index is 13.4. The van der Waals surface area contributed by atoms with Gasteiger partial charge < -0.3 is 0 Å². The summed E-state index contributed by atoms with van der Waals surface area (Å²) in [6.45, 7) is 5.76. The fraction of sp³-hybridized carbons (Fsp3) is 0.480. The molecule has 0 saturated carbocycles. The lowest BCUT2D eigenvalue weighted by atomic mass is 9.96. The normalized spacial score (nSPS) is 18.4. The Hall–Kier alpha value is -2.50. The molecule has 11 heteroatoms. The molecule has 2 heterocycles. The lowest BCUT2D eigenvalue weighted by Gasteiger charge is -2.42. The predicted molar refractivity (Wildman–Crippen MR) is 131 cm³/mol. The van der Waals surface area contributed by atoms with Crippen molar-refractivity contribution in [1.82, 2.24) is 19.0 Å². The van der Waals surface area contributed by atoms with Crippen molar-refractivity contribution in [1.29, 1.82) is 0 Å². The SMILES string of the molecule is Cc1cc2c(cnn2-c2ccc(F)cc2)cc1[C@H]1CN(S(=O)(=O)CC(C)C)CCN1CCC(F)(F)F. The summed E-state index contributed by atoms with van der Waals surface area (Å²) in [6.07, 6.45) is -3.62. The van der Waals surface area contributed by atoms with Gasteiger partial charge in [0.1, 0.15) is 5.82 Å². The minimum absolute atomic E-state index is 0.00920. The highest BCUT2D eigenvalue weighted by molar-refractivity contribution is 7.89. The van der Waals surface area contributed by atoms with Crippen LogP contribution in [0, 0.1) is 18.7 Å². The van der Waals surface area contributed by atoms with E-state index >= 15 is 0 Å². The van der Waals surface area contributed by atoms with Crippen LogP contribution in [0.4, 0.5) is 17.6 Å². The summed E-state index contributed by atoms with van der Waals surface area (Å²) in [5.41, 5.74) is 3.03. The van der Waals surface area contributed by atoms with Crippen molar-refractivity contribution in [3.63, 3.8) is 0 Å². The Morgan fingerprint density at radius 2 is 1.81 bits per heavy atom. The van der Waals surface area contributed by atoms with Gasteiger partial charge in [0.25, 0.3) is 0 Å². The van der Waals surface area contributed by atoms with Crippen LogP contribution in [0.2, 0.25) is 0 Å². The molecule has 4 rings (SSSR count). The number of halogens is 4. The molecule has 36 heavy (non-hydrogen) atoms. The maximum Gasteiger partial charge on any atom is 0.390 e. The van der Waals surface area contributed by atoms with E-state index < -0.39 is 28.7 Å². The molecule has 1 atom stereocenters. The molecule has 0 N–H and O–H groups in total. The Bertz CT molecular complexity index is 1320. The molecule has 1 aliphatic rings. The maximum atomic E-state index is 13.4. The van der Waals surface area contributed by atoms with E-state index in [0.29, 0.717) is 5.69 Å². The van der Waals surface area contributed by atoms with Crippen LogP contribution in [-0.4, -0.2) is 65.5 Å². The highest BCUT2D eigenvalue weighted by atomic mass is 32.2. The van der Waals surface area contributed by atoms with Crippen molar-refractivity contribution in [2.45, 2.75) is 39.4 Å². The summed E-state index contributed by atoms with van der Waals surface area (Å²) in [5.74, 6) is -0.431. The van der Waals surface area contributed by atoms with E-state index in [1.54, 1.807) is 27.9 Å². The number of sulfonamides is 1. The molecule has 0 radical (unpaired) electrons. The second-order valence-electron chi connectivity index (χ2n) is 9.75. The number of benzene rings is 2. The van der Waals surface area contributed by atoms with Crippen molar-refractivity contribution in [2.24, 2.45) is 5.92 Å². The molecule has 6 nitrogen and oxygen atoms in total. The second kappa shape index (κ2) is 10.1. The first-order chi connectivity index (χ1) is 16.8. The third-order valence-corrected chi connectivity index (χ3v) is 8.67. The second-order valence-corrected chi connectivity index (χ2v) is 11.8. The van der Waals surface area contributed by atoms with Crippen molar-refractivity contribution in [3.8, 4) is 5.69 Å². The molecule has 3 aromatic rings. The topological polar surface area (TPSA) is 58.4 Å². The zero-order valence-electron chi connectivity index (χ0n) is 20.5. The van der Waals surface area contributed by atoms with Gasteiger partial charge in [-0.15, -0.1) is 0 Å². The number of hydrogen-bond donors (Lipinski definition) is 0. The molecule has 2 aromatic carbocycles. The van der Waals surface area contributed by atoms with Crippen molar-refractivity contribution < 1.29 is 26.0 Å². The number of nitrogens with zero attached hydrogens (tertiary/aromatic N) is 4. The van der Waals surface area contributed by atoms with E-state index in [4.69, 9.17) is 0 Å². The van der Waals surface area contributed by atoms with Crippen LogP contribution in [0.5, 0.6) is 0 Å². The summed E-state index contributed by atoms with van der Waals surface area (Å²) < 4.78 is 81.6. The number of hydrogen-bond acceptors (Lipinski definition) is 4. The average Bonchev–Trinajstić information content (AvgIpc) is 3.19. The zero-order chi connectivity index (χ0) is 26.3. The first kappa shape index (κ1) is 26.6. The smallest absolute Gasteiger partial charge is 0.293 e. The summed E-state index contributed by atoms with van der Waals surface area (Å²) in [4.78, 5) is 1.73. The highest BCUT2D eigenvalue weighted by Gasteiger charge is 2.37. The molecule has 1 aliphatic heterocycles. The number of rotatable bonds is 7. The quantitative estimate of drug-likeness (QED) is 0.404. The predicted octanol–water partition coefficient (Wildman–Crippen LogP) is 5.07. The van der Waals surface area contributed by atoms with Crippen molar-refractivity contribution in [2.75, 3.05) is 31.9 Å². The van der Waals surface area contributed by atoms with Gasteiger partial charge in [0, 0.05) is 37.6 Å². The standard InChI is InChI=1S/C25H30F4N4O2S/c1-17(2)16-36(34,35)32-11-10-31(9-8-25(27,28)29)24(15-32)22-13-19-14-30-33(23(19)12-18(22)3)21-6-4-20(26)5-7-21/h4-7,12-14,17,24H,8-11,15-16H2,1-3H3/t24-/m1/s1. The van der Waals surface area contributed by atoms with Gasteiger partial charge in [0.15, 0.2) is 0 Å². The summed E-state index contributed by atoms with van der Waals surface area (Å²) in [7, 11) is -3.54. The van der Waals surface area contributed by atoms with Crippen LogP contribution >= 0.6 is 0 Å². The van der Waals surface area contributed by atoms with Gasteiger partial charge in [-0.05, 0) is 60.4 Å². The molecule has 196 valence electrons. The number of aryl methyl sites for hydroxylation is 1. The third-order valence-electron chi connectivity index (χ3n) is 6.46. The van der Waals surface area contributed by atoms with Crippen LogP contribution in [0.15, 0.2) is 42.6 Å². The number of aromatic nitrogens is 2. The van der Waals surface area contributed by atoms with Crippen LogP contribution in [-0.2, 0) is 10.0 Å². The minimum Gasteiger partial charge on any atom is -0.293 e. The average molecular weight is 527 g/mol. The molecule has 1 fully saturated rings. The van der Waals surface area contributed by atoms with Gasteiger partial charge >= 0.3 is 6.18 Å².